The number of rotatable bonds is 4. The van der Waals surface area contributed by atoms with E-state index in [0.29, 0.717) is 0 Å². The van der Waals surface area contributed by atoms with Crippen molar-refractivity contribution >= 4 is 0 Å². The molecule has 2 heteroatoms. The Morgan fingerprint density at radius 2 is 2.25 bits per heavy atom. The number of hydrogen-bond acceptors (Lipinski definition) is 0. The van der Waals surface area contributed by atoms with Crippen molar-refractivity contribution in [2.75, 3.05) is 0 Å². The molecule has 0 rings (SSSR count). The van der Waals surface area contributed by atoms with Crippen LogP contribution >= 0.6 is 0 Å². The SMILES string of the molecule is CCCCC(F)[C]F. The molecule has 8 heavy (non-hydrogen) atoms. The first kappa shape index (κ1) is 7.86. The average Bonchev–Trinajstić information content (AvgIpc) is 1.83. The highest BCUT2D eigenvalue weighted by Crippen LogP contribution is 2.06. The van der Waals surface area contributed by atoms with Crippen LogP contribution in [0.5, 0.6) is 0 Å². The fourth-order valence-corrected chi connectivity index (χ4v) is 0.438. The van der Waals surface area contributed by atoms with Crippen LogP contribution in [0, 0.1) is 6.67 Å². The summed E-state index contributed by atoms with van der Waals surface area (Å²) in [5.74, 6) is 0. The van der Waals surface area contributed by atoms with Gasteiger partial charge in [0.2, 0.25) is 6.67 Å². The van der Waals surface area contributed by atoms with Crippen molar-refractivity contribution in [2.24, 2.45) is 0 Å². The molecular weight excluding hydrogens is 110 g/mol. The van der Waals surface area contributed by atoms with E-state index in [9.17, 15) is 8.78 Å². The Morgan fingerprint density at radius 3 is 2.62 bits per heavy atom. The minimum absolute atomic E-state index is 0.271. The minimum Gasteiger partial charge on any atom is -0.244 e. The molecule has 0 nitrogen and oxygen atoms in total. The molecule has 0 aromatic heterocycles. The molecule has 0 bridgehead atoms. The molecule has 0 heterocycles. The first-order chi connectivity index (χ1) is 3.81. The van der Waals surface area contributed by atoms with E-state index in [2.05, 4.69) is 0 Å². The van der Waals surface area contributed by atoms with Crippen LogP contribution in [0.1, 0.15) is 26.2 Å². The van der Waals surface area contributed by atoms with Crippen LogP contribution in [0.4, 0.5) is 8.78 Å². The van der Waals surface area contributed by atoms with Crippen molar-refractivity contribution < 1.29 is 8.78 Å². The zero-order valence-corrected chi connectivity index (χ0v) is 4.95. The molecule has 0 aromatic carbocycles. The van der Waals surface area contributed by atoms with Gasteiger partial charge in [-0.3, -0.25) is 0 Å². The van der Waals surface area contributed by atoms with Crippen molar-refractivity contribution in [3.63, 3.8) is 0 Å². The maximum absolute atomic E-state index is 11.8. The third-order valence-corrected chi connectivity index (χ3v) is 0.930. The smallest absolute Gasteiger partial charge is 0.221 e. The van der Waals surface area contributed by atoms with E-state index in [1.54, 1.807) is 0 Å². The Hall–Kier alpha value is -0.140. The lowest BCUT2D eigenvalue weighted by atomic mass is 10.2. The van der Waals surface area contributed by atoms with Crippen LogP contribution in [0.25, 0.3) is 0 Å². The molecular formula is C6H10F2. The van der Waals surface area contributed by atoms with Crippen LogP contribution in [-0.2, 0) is 0 Å². The van der Waals surface area contributed by atoms with E-state index >= 15 is 0 Å². The summed E-state index contributed by atoms with van der Waals surface area (Å²) in [6.45, 7) is 2.97. The van der Waals surface area contributed by atoms with Gasteiger partial charge in [0.05, 0.1) is 0 Å². The van der Waals surface area contributed by atoms with Crippen LogP contribution in [0.3, 0.4) is 0 Å². The fraction of sp³-hybridized carbons (Fsp3) is 0.833. The van der Waals surface area contributed by atoms with Crippen LogP contribution in [0.2, 0.25) is 0 Å². The number of hydrogen-bond donors (Lipinski definition) is 0. The van der Waals surface area contributed by atoms with Gasteiger partial charge >= 0.3 is 0 Å². The predicted octanol–water partition coefficient (Wildman–Crippen LogP) is 2.52. The standard InChI is InChI=1S/C6H10F2/c1-2-3-4-6(8)5-7/h6H,2-4H2,1H3. The second-order valence-corrected chi connectivity index (χ2v) is 1.72. The summed E-state index contributed by atoms with van der Waals surface area (Å²) in [4.78, 5) is 0. The topological polar surface area (TPSA) is 0 Å². The molecule has 0 fully saturated rings. The zero-order chi connectivity index (χ0) is 6.41. The summed E-state index contributed by atoms with van der Waals surface area (Å²) in [6, 6.07) is 0. The van der Waals surface area contributed by atoms with E-state index < -0.39 is 6.17 Å². The predicted molar refractivity (Wildman–Crippen MR) is 28.8 cm³/mol. The van der Waals surface area contributed by atoms with Gasteiger partial charge in [-0.25, -0.2) is 8.78 Å². The van der Waals surface area contributed by atoms with Gasteiger partial charge in [0.25, 0.3) is 0 Å². The minimum atomic E-state index is -1.46. The lowest BCUT2D eigenvalue weighted by Crippen LogP contribution is -1.95. The first-order valence-electron chi connectivity index (χ1n) is 2.81. The molecule has 0 aliphatic heterocycles. The maximum atomic E-state index is 11.8. The van der Waals surface area contributed by atoms with Crippen LogP contribution in [0.15, 0.2) is 0 Å². The molecule has 0 saturated heterocycles. The van der Waals surface area contributed by atoms with Crippen molar-refractivity contribution in [1.29, 1.82) is 0 Å². The highest BCUT2D eigenvalue weighted by atomic mass is 19.2. The Bertz CT molecular complexity index is 45.8. The van der Waals surface area contributed by atoms with Gasteiger partial charge in [-0.15, -0.1) is 0 Å². The Morgan fingerprint density at radius 1 is 1.62 bits per heavy atom. The first-order valence-corrected chi connectivity index (χ1v) is 2.81. The van der Waals surface area contributed by atoms with Gasteiger partial charge in [-0.2, -0.15) is 0 Å². The quantitative estimate of drug-likeness (QED) is 0.534. The summed E-state index contributed by atoms with van der Waals surface area (Å²) in [7, 11) is 0. The molecule has 48 valence electrons. The van der Waals surface area contributed by atoms with Gasteiger partial charge in [0, 0.05) is 0 Å². The largest absolute Gasteiger partial charge is 0.244 e. The molecule has 0 aromatic rings. The van der Waals surface area contributed by atoms with Crippen LogP contribution < -0.4 is 0 Å². The van der Waals surface area contributed by atoms with E-state index in [1.807, 2.05) is 6.92 Å². The van der Waals surface area contributed by atoms with Crippen molar-refractivity contribution in [2.45, 2.75) is 32.4 Å². The van der Waals surface area contributed by atoms with Gasteiger partial charge in [-0.1, -0.05) is 19.8 Å². The Kier molecular flexibility index (Phi) is 4.92. The van der Waals surface area contributed by atoms with Gasteiger partial charge < -0.3 is 0 Å². The lowest BCUT2D eigenvalue weighted by Gasteiger charge is -1.96. The molecule has 0 aliphatic rings. The summed E-state index contributed by atoms with van der Waals surface area (Å²) >= 11 is 0. The Balaban J connectivity index is 2.86. The highest BCUT2D eigenvalue weighted by molar-refractivity contribution is 4.62. The summed E-state index contributed by atoms with van der Waals surface area (Å²) in [5.41, 5.74) is 0. The number of halogens is 2. The molecule has 0 saturated carbocycles. The second kappa shape index (κ2) is 5.01. The summed E-state index contributed by atoms with van der Waals surface area (Å²) < 4.78 is 22.9. The van der Waals surface area contributed by atoms with Crippen molar-refractivity contribution in [1.82, 2.24) is 0 Å². The molecule has 0 N–H and O–H groups in total. The zero-order valence-electron chi connectivity index (χ0n) is 4.95. The third kappa shape index (κ3) is 4.03. The average molecular weight is 120 g/mol. The third-order valence-electron chi connectivity index (χ3n) is 0.930. The summed E-state index contributed by atoms with van der Waals surface area (Å²) in [5, 5.41) is 0. The fourth-order valence-electron chi connectivity index (χ4n) is 0.438. The summed E-state index contributed by atoms with van der Waals surface area (Å²) in [6.07, 6.45) is 0.447. The second-order valence-electron chi connectivity index (χ2n) is 1.72. The van der Waals surface area contributed by atoms with Crippen LogP contribution in [-0.4, -0.2) is 6.17 Å². The highest BCUT2D eigenvalue weighted by Gasteiger charge is 2.04. The number of unbranched alkanes of at least 4 members (excludes halogenated alkanes) is 1. The number of alkyl halides is 1. The maximum Gasteiger partial charge on any atom is 0.221 e. The van der Waals surface area contributed by atoms with E-state index in [4.69, 9.17) is 0 Å². The molecule has 1 unspecified atom stereocenters. The Labute approximate surface area is 48.9 Å². The van der Waals surface area contributed by atoms with Gasteiger partial charge in [0.1, 0.15) is 6.17 Å². The lowest BCUT2D eigenvalue weighted by molar-refractivity contribution is 0.295. The molecule has 0 spiro atoms. The molecule has 2 radical (unpaired) electrons. The van der Waals surface area contributed by atoms with Gasteiger partial charge in [0.15, 0.2) is 0 Å². The van der Waals surface area contributed by atoms with E-state index in [0.717, 1.165) is 19.5 Å². The van der Waals surface area contributed by atoms with Crippen molar-refractivity contribution in [3.05, 3.63) is 6.67 Å². The monoisotopic (exact) mass is 120 g/mol. The molecule has 1 atom stereocenters. The van der Waals surface area contributed by atoms with Gasteiger partial charge in [-0.05, 0) is 6.42 Å². The molecule has 0 aliphatic carbocycles. The van der Waals surface area contributed by atoms with E-state index in [1.165, 1.54) is 0 Å². The molecule has 0 amide bonds. The normalized spacial score (nSPS) is 13.9. The van der Waals surface area contributed by atoms with E-state index in [-0.39, 0.29) is 6.42 Å². The van der Waals surface area contributed by atoms with Crippen molar-refractivity contribution in [3.8, 4) is 0 Å².